The smallest absolute Gasteiger partial charge is 0.189 e. The lowest BCUT2D eigenvalue weighted by molar-refractivity contribution is 0.926. The molecular weight excluding hydrogens is 160 g/mol. The molecule has 0 spiro atoms. The molecule has 5 heteroatoms. The Bertz CT molecular complexity index is 250. The van der Waals surface area contributed by atoms with Crippen LogP contribution in [0.4, 0.5) is 5.82 Å². The van der Waals surface area contributed by atoms with Gasteiger partial charge in [0, 0.05) is 18.3 Å². The van der Waals surface area contributed by atoms with Crippen molar-refractivity contribution in [3.8, 4) is 0 Å². The maximum absolute atomic E-state index is 5.56. The van der Waals surface area contributed by atoms with Crippen molar-refractivity contribution in [2.24, 2.45) is 5.73 Å². The number of thioether (sulfide) groups is 1. The summed E-state index contributed by atoms with van der Waals surface area (Å²) in [7, 11) is 0. The third kappa shape index (κ3) is 1.81. The van der Waals surface area contributed by atoms with Crippen molar-refractivity contribution >= 4 is 17.6 Å². The summed E-state index contributed by atoms with van der Waals surface area (Å²) in [6, 6.07) is 0. The van der Waals surface area contributed by atoms with Gasteiger partial charge in [-0.25, -0.2) is 9.97 Å². The molecule has 4 nitrogen and oxygen atoms in total. The highest BCUT2D eigenvalue weighted by molar-refractivity contribution is 7.98. The standard InChI is InChI=1S/C6H10N4S/c1-11-6-9-3-4(2-7)5(8)10-6/h3H,2,7H2,1H3,(H2,8,9,10). The molecule has 0 aliphatic carbocycles. The molecule has 0 aliphatic heterocycles. The molecule has 0 atom stereocenters. The van der Waals surface area contributed by atoms with E-state index in [-0.39, 0.29) is 0 Å². The molecule has 1 aromatic rings. The molecule has 0 aromatic carbocycles. The minimum atomic E-state index is 0.389. The average molecular weight is 170 g/mol. The molecule has 1 heterocycles. The molecular formula is C6H10N4S. The molecule has 0 radical (unpaired) electrons. The van der Waals surface area contributed by atoms with Crippen molar-refractivity contribution in [2.45, 2.75) is 11.7 Å². The Morgan fingerprint density at radius 2 is 2.36 bits per heavy atom. The third-order valence-corrected chi connectivity index (χ3v) is 1.84. The van der Waals surface area contributed by atoms with Gasteiger partial charge in [0.05, 0.1) is 0 Å². The van der Waals surface area contributed by atoms with Crippen molar-refractivity contribution in [1.29, 1.82) is 0 Å². The summed E-state index contributed by atoms with van der Waals surface area (Å²) < 4.78 is 0. The zero-order valence-electron chi connectivity index (χ0n) is 6.24. The zero-order chi connectivity index (χ0) is 8.27. The molecule has 0 fully saturated rings. The Morgan fingerprint density at radius 1 is 1.64 bits per heavy atom. The Hall–Kier alpha value is -0.810. The first-order valence-electron chi connectivity index (χ1n) is 3.13. The molecule has 0 unspecified atom stereocenters. The van der Waals surface area contributed by atoms with E-state index in [0.29, 0.717) is 17.5 Å². The van der Waals surface area contributed by atoms with Crippen molar-refractivity contribution in [1.82, 2.24) is 9.97 Å². The second kappa shape index (κ2) is 3.54. The Balaban J connectivity index is 2.99. The van der Waals surface area contributed by atoms with Crippen LogP contribution in [0, 0.1) is 0 Å². The van der Waals surface area contributed by atoms with Crippen molar-refractivity contribution in [3.05, 3.63) is 11.8 Å². The number of nitrogens with zero attached hydrogens (tertiary/aromatic N) is 2. The molecule has 1 aromatic heterocycles. The quantitative estimate of drug-likeness (QED) is 0.491. The summed E-state index contributed by atoms with van der Waals surface area (Å²) in [4.78, 5) is 8.03. The Labute approximate surface area is 69.4 Å². The van der Waals surface area contributed by atoms with E-state index >= 15 is 0 Å². The zero-order valence-corrected chi connectivity index (χ0v) is 7.06. The number of anilines is 1. The van der Waals surface area contributed by atoms with Crippen LogP contribution in [0.2, 0.25) is 0 Å². The summed E-state index contributed by atoms with van der Waals surface area (Å²) in [5.41, 5.74) is 11.7. The molecule has 1 rings (SSSR count). The van der Waals surface area contributed by atoms with Crippen LogP contribution in [0.15, 0.2) is 11.4 Å². The van der Waals surface area contributed by atoms with Crippen molar-refractivity contribution in [2.75, 3.05) is 12.0 Å². The van der Waals surface area contributed by atoms with Gasteiger partial charge in [-0.3, -0.25) is 0 Å². The van der Waals surface area contributed by atoms with Crippen LogP contribution in [0.25, 0.3) is 0 Å². The average Bonchev–Trinajstić information content (AvgIpc) is 2.04. The summed E-state index contributed by atoms with van der Waals surface area (Å²) in [5, 5.41) is 0.680. The maximum Gasteiger partial charge on any atom is 0.189 e. The fourth-order valence-electron chi connectivity index (χ4n) is 0.659. The topological polar surface area (TPSA) is 77.8 Å². The molecule has 0 aliphatic rings. The van der Waals surface area contributed by atoms with Crippen LogP contribution < -0.4 is 11.5 Å². The molecule has 0 saturated carbocycles. The number of aromatic nitrogens is 2. The van der Waals surface area contributed by atoms with Gasteiger partial charge in [0.2, 0.25) is 0 Å². The van der Waals surface area contributed by atoms with Crippen LogP contribution in [0.3, 0.4) is 0 Å². The van der Waals surface area contributed by atoms with E-state index in [4.69, 9.17) is 11.5 Å². The van der Waals surface area contributed by atoms with E-state index in [1.807, 2.05) is 6.26 Å². The summed E-state index contributed by atoms with van der Waals surface area (Å²) in [6.45, 7) is 0.389. The van der Waals surface area contributed by atoms with E-state index in [0.717, 1.165) is 5.56 Å². The second-order valence-electron chi connectivity index (χ2n) is 1.97. The van der Waals surface area contributed by atoms with Gasteiger partial charge in [0.1, 0.15) is 5.82 Å². The van der Waals surface area contributed by atoms with E-state index in [1.54, 1.807) is 6.20 Å². The summed E-state index contributed by atoms with van der Waals surface area (Å²) in [6.07, 6.45) is 3.56. The lowest BCUT2D eigenvalue weighted by atomic mass is 10.3. The van der Waals surface area contributed by atoms with Gasteiger partial charge in [-0.2, -0.15) is 0 Å². The van der Waals surface area contributed by atoms with Crippen LogP contribution in [0.5, 0.6) is 0 Å². The summed E-state index contributed by atoms with van der Waals surface area (Å²) in [5.74, 6) is 0.479. The largest absolute Gasteiger partial charge is 0.383 e. The number of nitrogens with two attached hydrogens (primary N) is 2. The van der Waals surface area contributed by atoms with Crippen molar-refractivity contribution in [3.63, 3.8) is 0 Å². The lowest BCUT2D eigenvalue weighted by Gasteiger charge is -2.01. The number of hydrogen-bond acceptors (Lipinski definition) is 5. The predicted octanol–water partition coefficient (Wildman–Crippen LogP) is 0.239. The van der Waals surface area contributed by atoms with E-state index < -0.39 is 0 Å². The fraction of sp³-hybridized carbons (Fsp3) is 0.333. The fourth-order valence-corrected chi connectivity index (χ4v) is 1.01. The van der Waals surface area contributed by atoms with E-state index in [9.17, 15) is 0 Å². The normalized spacial score (nSPS) is 10.0. The highest BCUT2D eigenvalue weighted by Gasteiger charge is 2.00. The number of rotatable bonds is 2. The molecule has 11 heavy (non-hydrogen) atoms. The molecule has 0 saturated heterocycles. The first kappa shape index (κ1) is 8.29. The number of hydrogen-bond donors (Lipinski definition) is 2. The Morgan fingerprint density at radius 3 is 2.82 bits per heavy atom. The maximum atomic E-state index is 5.56. The highest BCUT2D eigenvalue weighted by Crippen LogP contribution is 2.12. The molecule has 0 amide bonds. The Kier molecular flexibility index (Phi) is 2.67. The van der Waals surface area contributed by atoms with Gasteiger partial charge in [-0.05, 0) is 6.26 Å². The van der Waals surface area contributed by atoms with Gasteiger partial charge < -0.3 is 11.5 Å². The first-order valence-corrected chi connectivity index (χ1v) is 4.36. The van der Waals surface area contributed by atoms with Gasteiger partial charge in [0.15, 0.2) is 5.16 Å². The third-order valence-electron chi connectivity index (χ3n) is 1.28. The molecule has 0 bridgehead atoms. The second-order valence-corrected chi connectivity index (χ2v) is 2.74. The minimum Gasteiger partial charge on any atom is -0.383 e. The van der Waals surface area contributed by atoms with Gasteiger partial charge >= 0.3 is 0 Å². The van der Waals surface area contributed by atoms with Gasteiger partial charge in [-0.1, -0.05) is 11.8 Å². The summed E-state index contributed by atoms with van der Waals surface area (Å²) >= 11 is 1.46. The predicted molar refractivity (Wildman–Crippen MR) is 46.1 cm³/mol. The van der Waals surface area contributed by atoms with E-state index in [1.165, 1.54) is 11.8 Å². The van der Waals surface area contributed by atoms with Crippen LogP contribution in [0.1, 0.15) is 5.56 Å². The molecule has 60 valence electrons. The van der Waals surface area contributed by atoms with E-state index in [2.05, 4.69) is 9.97 Å². The highest BCUT2D eigenvalue weighted by atomic mass is 32.2. The molecule has 4 N–H and O–H groups in total. The van der Waals surface area contributed by atoms with Crippen molar-refractivity contribution < 1.29 is 0 Å². The minimum absolute atomic E-state index is 0.389. The van der Waals surface area contributed by atoms with Crippen LogP contribution in [-0.2, 0) is 6.54 Å². The van der Waals surface area contributed by atoms with Crippen LogP contribution in [-0.4, -0.2) is 16.2 Å². The first-order chi connectivity index (χ1) is 5.27. The lowest BCUT2D eigenvalue weighted by Crippen LogP contribution is -2.05. The monoisotopic (exact) mass is 170 g/mol. The SMILES string of the molecule is CSc1ncc(CN)c(N)n1. The van der Waals surface area contributed by atoms with Gasteiger partial charge in [0.25, 0.3) is 0 Å². The van der Waals surface area contributed by atoms with Crippen LogP contribution >= 0.6 is 11.8 Å². The number of nitrogen functional groups attached to an aromatic ring is 1. The van der Waals surface area contributed by atoms with Gasteiger partial charge in [-0.15, -0.1) is 0 Å².